The second kappa shape index (κ2) is 9.27. The highest BCUT2D eigenvalue weighted by Gasteiger charge is 2.25. The van der Waals surface area contributed by atoms with E-state index in [1.165, 1.54) is 0 Å². The first kappa shape index (κ1) is 23.6. The average Bonchev–Trinajstić information content (AvgIpc) is 3.33. The van der Waals surface area contributed by atoms with Gasteiger partial charge in [0.05, 0.1) is 22.5 Å². The summed E-state index contributed by atoms with van der Waals surface area (Å²) < 4.78 is 2.10. The Morgan fingerprint density at radius 3 is 2.24 bits per heavy atom. The van der Waals surface area contributed by atoms with Crippen LogP contribution in [0.1, 0.15) is 26.3 Å². The summed E-state index contributed by atoms with van der Waals surface area (Å²) in [5.41, 5.74) is 7.64. The Balaban J connectivity index is 1.62. The van der Waals surface area contributed by atoms with Gasteiger partial charge in [0.2, 0.25) is 0 Å². The van der Waals surface area contributed by atoms with Gasteiger partial charge in [-0.2, -0.15) is 0 Å². The molecule has 0 atom stereocenters. The van der Waals surface area contributed by atoms with Crippen LogP contribution >= 0.6 is 0 Å². The second-order valence-electron chi connectivity index (χ2n) is 10.4. The van der Waals surface area contributed by atoms with Gasteiger partial charge < -0.3 is 5.11 Å². The Kier molecular flexibility index (Phi) is 5.76. The summed E-state index contributed by atoms with van der Waals surface area (Å²) in [5, 5.41) is 11.4. The average molecular weight is 497 g/mol. The van der Waals surface area contributed by atoms with Crippen LogP contribution in [0, 0.1) is 0 Å². The van der Waals surface area contributed by atoms with Crippen LogP contribution in [-0.2, 0) is 5.41 Å². The van der Waals surface area contributed by atoms with Gasteiger partial charge in [0.1, 0.15) is 17.1 Å². The third-order valence-corrected chi connectivity index (χ3v) is 6.77. The summed E-state index contributed by atoms with van der Waals surface area (Å²) in [4.78, 5) is 14.4. The molecule has 0 aliphatic heterocycles. The van der Waals surface area contributed by atoms with Gasteiger partial charge in [0.15, 0.2) is 0 Å². The van der Waals surface area contributed by atoms with Crippen molar-refractivity contribution in [1.29, 1.82) is 0 Å². The Bertz CT molecular complexity index is 1750. The van der Waals surface area contributed by atoms with Crippen molar-refractivity contribution in [3.05, 3.63) is 115 Å². The van der Waals surface area contributed by atoms with Crippen LogP contribution in [0.5, 0.6) is 5.75 Å². The topological polar surface area (TPSA) is 63.8 Å². The van der Waals surface area contributed by atoms with Gasteiger partial charge in [-0.25, -0.2) is 4.98 Å². The Labute approximate surface area is 222 Å². The number of nitrogens with zero attached hydrogens (tertiary/aromatic N) is 4. The Morgan fingerprint density at radius 2 is 1.47 bits per heavy atom. The lowest BCUT2D eigenvalue weighted by molar-refractivity contribution is 0.448. The molecule has 0 spiro atoms. The number of phenolic OH excluding ortho intramolecular Hbond substituents is 1. The summed E-state index contributed by atoms with van der Waals surface area (Å²) in [5.74, 6) is 0.920. The molecule has 0 fully saturated rings. The van der Waals surface area contributed by atoms with Crippen molar-refractivity contribution in [3.63, 3.8) is 0 Å². The first-order valence-corrected chi connectivity index (χ1v) is 12.7. The number of rotatable bonds is 4. The van der Waals surface area contributed by atoms with Crippen molar-refractivity contribution in [2.24, 2.45) is 0 Å². The number of fused-ring (bicyclic) bond motifs is 1. The highest BCUT2D eigenvalue weighted by atomic mass is 16.3. The van der Waals surface area contributed by atoms with Crippen molar-refractivity contribution >= 4 is 11.0 Å². The predicted molar refractivity (Wildman–Crippen MR) is 153 cm³/mol. The highest BCUT2D eigenvalue weighted by Crippen LogP contribution is 2.41. The van der Waals surface area contributed by atoms with Crippen LogP contribution in [0.2, 0.25) is 0 Å². The van der Waals surface area contributed by atoms with E-state index in [2.05, 4.69) is 54.6 Å². The maximum absolute atomic E-state index is 11.4. The molecule has 0 saturated carbocycles. The van der Waals surface area contributed by atoms with E-state index in [1.54, 1.807) is 6.20 Å². The number of hydrogen-bond donors (Lipinski definition) is 1. The third-order valence-electron chi connectivity index (χ3n) is 6.77. The predicted octanol–water partition coefficient (Wildman–Crippen LogP) is 7.82. The van der Waals surface area contributed by atoms with Crippen molar-refractivity contribution in [2.75, 3.05) is 0 Å². The maximum Gasteiger partial charge on any atom is 0.149 e. The van der Waals surface area contributed by atoms with Crippen molar-refractivity contribution < 1.29 is 5.11 Å². The standard InChI is InChI=1S/C33H28N4O/c1-33(2,3)26-16-10-15-25(31(26)38)32-36-30-28(37(32)24-13-5-4-6-14-24)18-20-35-29(30)23-12-9-11-22(21-23)27-17-7-8-19-34-27/h4-21,38H,1-3H3. The number of phenols is 1. The molecule has 0 radical (unpaired) electrons. The van der Waals surface area contributed by atoms with Gasteiger partial charge in [-0.05, 0) is 53.4 Å². The number of imidazole rings is 1. The van der Waals surface area contributed by atoms with E-state index in [0.717, 1.165) is 44.8 Å². The van der Waals surface area contributed by atoms with E-state index in [1.807, 2.05) is 79.0 Å². The van der Waals surface area contributed by atoms with Gasteiger partial charge in [0.25, 0.3) is 0 Å². The summed E-state index contributed by atoms with van der Waals surface area (Å²) in [6.45, 7) is 6.30. The fourth-order valence-corrected chi connectivity index (χ4v) is 4.92. The van der Waals surface area contributed by atoms with Crippen molar-refractivity contribution in [2.45, 2.75) is 26.2 Å². The molecule has 5 nitrogen and oxygen atoms in total. The summed E-state index contributed by atoms with van der Waals surface area (Å²) in [7, 11) is 0. The molecule has 0 amide bonds. The molecule has 186 valence electrons. The van der Waals surface area contributed by atoms with Crippen LogP contribution in [0.4, 0.5) is 0 Å². The SMILES string of the molecule is CC(C)(C)c1cccc(-c2nc3c(-c4cccc(-c5ccccn5)c4)nccc3n2-c2ccccc2)c1O. The number of hydrogen-bond acceptors (Lipinski definition) is 4. The molecule has 0 bridgehead atoms. The van der Waals surface area contributed by atoms with E-state index in [0.29, 0.717) is 11.4 Å². The molecule has 5 heteroatoms. The quantitative estimate of drug-likeness (QED) is 0.270. The number of aromatic hydroxyl groups is 1. The van der Waals surface area contributed by atoms with Crippen LogP contribution in [-0.4, -0.2) is 24.6 Å². The van der Waals surface area contributed by atoms with Crippen LogP contribution in [0.3, 0.4) is 0 Å². The smallest absolute Gasteiger partial charge is 0.149 e. The molecule has 0 unspecified atom stereocenters. The lowest BCUT2D eigenvalue weighted by atomic mass is 9.85. The van der Waals surface area contributed by atoms with Crippen LogP contribution in [0.15, 0.2) is 109 Å². The first-order chi connectivity index (χ1) is 18.4. The highest BCUT2D eigenvalue weighted by molar-refractivity contribution is 5.94. The maximum atomic E-state index is 11.4. The largest absolute Gasteiger partial charge is 0.507 e. The van der Waals surface area contributed by atoms with E-state index < -0.39 is 0 Å². The fourth-order valence-electron chi connectivity index (χ4n) is 4.92. The molecule has 3 heterocycles. The molecule has 0 aliphatic carbocycles. The zero-order valence-electron chi connectivity index (χ0n) is 21.6. The van der Waals surface area contributed by atoms with Gasteiger partial charge >= 0.3 is 0 Å². The lowest BCUT2D eigenvalue weighted by Crippen LogP contribution is -2.11. The van der Waals surface area contributed by atoms with Gasteiger partial charge in [-0.1, -0.05) is 75.4 Å². The van der Waals surface area contributed by atoms with Crippen LogP contribution in [0.25, 0.3) is 50.6 Å². The summed E-state index contributed by atoms with van der Waals surface area (Å²) in [6, 6.07) is 32.1. The molecule has 0 aliphatic rings. The van der Waals surface area contributed by atoms with E-state index in [4.69, 9.17) is 9.97 Å². The Hall–Kier alpha value is -4.77. The summed E-state index contributed by atoms with van der Waals surface area (Å²) >= 11 is 0. The minimum absolute atomic E-state index is 0.220. The monoisotopic (exact) mass is 496 g/mol. The minimum Gasteiger partial charge on any atom is -0.507 e. The normalized spacial score (nSPS) is 11.7. The molecule has 6 rings (SSSR count). The first-order valence-electron chi connectivity index (χ1n) is 12.7. The van der Waals surface area contributed by atoms with Gasteiger partial charge in [-0.15, -0.1) is 0 Å². The fraction of sp³-hybridized carbons (Fsp3) is 0.121. The lowest BCUT2D eigenvalue weighted by Gasteiger charge is -2.22. The number of benzene rings is 3. The number of pyridine rings is 2. The molecule has 1 N–H and O–H groups in total. The molecular formula is C33H28N4O. The molecule has 0 saturated heterocycles. The molecule has 6 aromatic rings. The number of aromatic nitrogens is 4. The minimum atomic E-state index is -0.220. The van der Waals surface area contributed by atoms with Gasteiger partial charge in [0, 0.05) is 29.2 Å². The Morgan fingerprint density at radius 1 is 0.711 bits per heavy atom. The molecule has 3 aromatic heterocycles. The molecular weight excluding hydrogens is 468 g/mol. The zero-order chi connectivity index (χ0) is 26.3. The van der Waals surface area contributed by atoms with Crippen molar-refractivity contribution in [3.8, 4) is 45.3 Å². The second-order valence-corrected chi connectivity index (χ2v) is 10.4. The molecule has 38 heavy (non-hydrogen) atoms. The summed E-state index contributed by atoms with van der Waals surface area (Å²) in [6.07, 6.45) is 3.62. The van der Waals surface area contributed by atoms with E-state index >= 15 is 0 Å². The van der Waals surface area contributed by atoms with Gasteiger partial charge in [-0.3, -0.25) is 14.5 Å². The third kappa shape index (κ3) is 4.12. The van der Waals surface area contributed by atoms with E-state index in [9.17, 15) is 5.11 Å². The zero-order valence-corrected chi connectivity index (χ0v) is 21.6. The van der Waals surface area contributed by atoms with Crippen molar-refractivity contribution in [1.82, 2.24) is 19.5 Å². The van der Waals surface area contributed by atoms with E-state index in [-0.39, 0.29) is 11.2 Å². The van der Waals surface area contributed by atoms with Crippen LogP contribution < -0.4 is 0 Å². The number of para-hydroxylation sites is 2. The molecule has 3 aromatic carbocycles.